The van der Waals surface area contributed by atoms with Crippen LogP contribution in [-0.2, 0) is 17.6 Å². The number of fused-ring (bicyclic) bond motifs is 1. The lowest BCUT2D eigenvalue weighted by Gasteiger charge is -2.09. The Morgan fingerprint density at radius 1 is 1.42 bits per heavy atom. The lowest BCUT2D eigenvalue weighted by molar-refractivity contribution is -0.119. The smallest absolute Gasteiger partial charge is 0.134 e. The molecule has 0 aromatic heterocycles. The van der Waals surface area contributed by atoms with Crippen LogP contribution < -0.4 is 10.5 Å². The van der Waals surface area contributed by atoms with E-state index in [2.05, 4.69) is 12.1 Å². The summed E-state index contributed by atoms with van der Waals surface area (Å²) in [5, 5.41) is 0. The van der Waals surface area contributed by atoms with E-state index in [0.29, 0.717) is 24.5 Å². The highest BCUT2D eigenvalue weighted by molar-refractivity contribution is 5.79. The largest absolute Gasteiger partial charge is 0.493 e. The third kappa shape index (κ3) is 3.16. The van der Waals surface area contributed by atoms with Gasteiger partial charge in [-0.2, -0.15) is 0 Å². The van der Waals surface area contributed by atoms with E-state index in [4.69, 9.17) is 10.5 Å². The third-order valence-corrected chi connectivity index (χ3v) is 4.14. The molecule has 2 N–H and O–H groups in total. The quantitative estimate of drug-likeness (QED) is 0.852. The molecule has 1 aromatic rings. The van der Waals surface area contributed by atoms with Crippen LogP contribution in [0.2, 0.25) is 0 Å². The molecule has 2 aliphatic rings. The first-order valence-electron chi connectivity index (χ1n) is 7.24. The van der Waals surface area contributed by atoms with E-state index in [9.17, 15) is 4.79 Å². The van der Waals surface area contributed by atoms with Gasteiger partial charge in [-0.1, -0.05) is 12.1 Å². The standard InChI is InChI=1S/C16H21NO2/c17-15(12-3-4-12)10-14(18)5-1-11-2-6-16-13(9-11)7-8-19-16/h2,6,9,12,15H,1,3-5,7-8,10,17H2. The molecule has 1 unspecified atom stereocenters. The van der Waals surface area contributed by atoms with Crippen molar-refractivity contribution in [3.05, 3.63) is 29.3 Å². The summed E-state index contributed by atoms with van der Waals surface area (Å²) in [5.74, 6) is 1.92. The summed E-state index contributed by atoms with van der Waals surface area (Å²) in [6.07, 6.45) is 5.39. The lowest BCUT2D eigenvalue weighted by atomic mass is 10.00. The number of hydrogen-bond acceptors (Lipinski definition) is 3. The normalized spacial score (nSPS) is 18.8. The van der Waals surface area contributed by atoms with Gasteiger partial charge in [0.1, 0.15) is 11.5 Å². The Balaban J connectivity index is 1.50. The molecular formula is C16H21NO2. The summed E-state index contributed by atoms with van der Waals surface area (Å²) in [6, 6.07) is 6.37. The number of benzene rings is 1. The molecule has 0 amide bonds. The maximum Gasteiger partial charge on any atom is 0.134 e. The Labute approximate surface area is 114 Å². The third-order valence-electron chi connectivity index (χ3n) is 4.14. The predicted octanol–water partition coefficient (Wildman–Crippen LogP) is 2.25. The van der Waals surface area contributed by atoms with E-state index in [-0.39, 0.29) is 6.04 Å². The van der Waals surface area contributed by atoms with E-state index in [1.807, 2.05) is 6.07 Å². The molecule has 1 saturated carbocycles. The van der Waals surface area contributed by atoms with Crippen molar-refractivity contribution in [2.45, 2.75) is 44.6 Å². The average Bonchev–Trinajstić information content (AvgIpc) is 3.15. The number of aryl methyl sites for hydroxylation is 1. The molecule has 1 aliphatic heterocycles. The van der Waals surface area contributed by atoms with E-state index >= 15 is 0 Å². The van der Waals surface area contributed by atoms with Crippen molar-refractivity contribution >= 4 is 5.78 Å². The summed E-state index contributed by atoms with van der Waals surface area (Å²) in [7, 11) is 0. The van der Waals surface area contributed by atoms with Gasteiger partial charge in [-0.05, 0) is 42.4 Å². The van der Waals surface area contributed by atoms with Crippen molar-refractivity contribution < 1.29 is 9.53 Å². The molecule has 3 heteroatoms. The van der Waals surface area contributed by atoms with Crippen molar-refractivity contribution in [2.24, 2.45) is 11.7 Å². The SMILES string of the molecule is NC(CC(=O)CCc1ccc2c(c1)CCO2)C1CC1. The van der Waals surface area contributed by atoms with Crippen LogP contribution in [-0.4, -0.2) is 18.4 Å². The van der Waals surface area contributed by atoms with Crippen molar-refractivity contribution in [1.29, 1.82) is 0 Å². The minimum Gasteiger partial charge on any atom is -0.493 e. The van der Waals surface area contributed by atoms with Crippen molar-refractivity contribution in [3.8, 4) is 5.75 Å². The van der Waals surface area contributed by atoms with Gasteiger partial charge < -0.3 is 10.5 Å². The van der Waals surface area contributed by atoms with Gasteiger partial charge in [0.05, 0.1) is 6.61 Å². The van der Waals surface area contributed by atoms with Crippen LogP contribution in [0.15, 0.2) is 18.2 Å². The van der Waals surface area contributed by atoms with Crippen LogP contribution in [0, 0.1) is 5.92 Å². The minimum absolute atomic E-state index is 0.0981. The zero-order valence-corrected chi connectivity index (χ0v) is 11.2. The second kappa shape index (κ2) is 5.33. The minimum atomic E-state index is 0.0981. The maximum absolute atomic E-state index is 11.9. The molecule has 0 radical (unpaired) electrons. The Morgan fingerprint density at radius 3 is 3.05 bits per heavy atom. The number of carbonyl (C=O) groups excluding carboxylic acids is 1. The van der Waals surface area contributed by atoms with Crippen LogP contribution in [0.4, 0.5) is 0 Å². The highest BCUT2D eigenvalue weighted by atomic mass is 16.5. The zero-order valence-electron chi connectivity index (χ0n) is 11.2. The van der Waals surface area contributed by atoms with E-state index in [0.717, 1.165) is 25.2 Å². The summed E-state index contributed by atoms with van der Waals surface area (Å²) in [6.45, 7) is 0.786. The zero-order chi connectivity index (χ0) is 13.2. The first-order valence-corrected chi connectivity index (χ1v) is 7.24. The van der Waals surface area contributed by atoms with Gasteiger partial charge in [-0.25, -0.2) is 0 Å². The number of ether oxygens (including phenoxy) is 1. The molecule has 3 rings (SSSR count). The highest BCUT2D eigenvalue weighted by Crippen LogP contribution is 2.33. The number of Topliss-reactive ketones (excluding diaryl/α,β-unsaturated/α-hetero) is 1. The Bertz CT molecular complexity index is 480. The van der Waals surface area contributed by atoms with E-state index < -0.39 is 0 Å². The number of ketones is 1. The molecule has 1 heterocycles. The summed E-state index contributed by atoms with van der Waals surface area (Å²) < 4.78 is 5.48. The molecule has 1 aliphatic carbocycles. The van der Waals surface area contributed by atoms with Gasteiger partial charge in [-0.3, -0.25) is 4.79 Å². The Hall–Kier alpha value is -1.35. The van der Waals surface area contributed by atoms with Gasteiger partial charge in [0.25, 0.3) is 0 Å². The number of carbonyl (C=O) groups is 1. The molecule has 0 saturated heterocycles. The second-order valence-corrected chi connectivity index (χ2v) is 5.78. The monoisotopic (exact) mass is 259 g/mol. The molecular weight excluding hydrogens is 238 g/mol. The fourth-order valence-electron chi connectivity index (χ4n) is 2.74. The van der Waals surface area contributed by atoms with Crippen LogP contribution >= 0.6 is 0 Å². The Kier molecular flexibility index (Phi) is 3.56. The van der Waals surface area contributed by atoms with Crippen LogP contribution in [0.3, 0.4) is 0 Å². The van der Waals surface area contributed by atoms with Gasteiger partial charge in [-0.15, -0.1) is 0 Å². The molecule has 0 spiro atoms. The molecule has 0 bridgehead atoms. The van der Waals surface area contributed by atoms with E-state index in [1.54, 1.807) is 0 Å². The van der Waals surface area contributed by atoms with E-state index in [1.165, 1.54) is 24.0 Å². The molecule has 1 atom stereocenters. The van der Waals surface area contributed by atoms with Gasteiger partial charge >= 0.3 is 0 Å². The second-order valence-electron chi connectivity index (χ2n) is 5.78. The molecule has 19 heavy (non-hydrogen) atoms. The maximum atomic E-state index is 11.9. The molecule has 3 nitrogen and oxygen atoms in total. The lowest BCUT2D eigenvalue weighted by Crippen LogP contribution is -2.26. The summed E-state index contributed by atoms with van der Waals surface area (Å²) in [5.41, 5.74) is 8.50. The van der Waals surface area contributed by atoms with Gasteiger partial charge in [0.15, 0.2) is 0 Å². The first kappa shape index (κ1) is 12.7. The topological polar surface area (TPSA) is 52.3 Å². The van der Waals surface area contributed by atoms with Gasteiger partial charge in [0.2, 0.25) is 0 Å². The van der Waals surface area contributed by atoms with Crippen LogP contribution in [0.25, 0.3) is 0 Å². The first-order chi connectivity index (χ1) is 9.22. The average molecular weight is 259 g/mol. The number of nitrogens with two attached hydrogens (primary N) is 1. The Morgan fingerprint density at radius 2 is 2.26 bits per heavy atom. The van der Waals surface area contributed by atoms with Gasteiger partial charge in [0, 0.05) is 25.3 Å². The molecule has 1 aromatic carbocycles. The molecule has 102 valence electrons. The number of hydrogen-bond donors (Lipinski definition) is 1. The predicted molar refractivity (Wildman–Crippen MR) is 74.3 cm³/mol. The number of rotatable bonds is 6. The fourth-order valence-corrected chi connectivity index (χ4v) is 2.74. The van der Waals surface area contributed by atoms with Crippen LogP contribution in [0.1, 0.15) is 36.8 Å². The fraction of sp³-hybridized carbons (Fsp3) is 0.562. The van der Waals surface area contributed by atoms with Crippen LogP contribution in [0.5, 0.6) is 5.75 Å². The van der Waals surface area contributed by atoms with Crippen molar-refractivity contribution in [1.82, 2.24) is 0 Å². The van der Waals surface area contributed by atoms with Crippen molar-refractivity contribution in [2.75, 3.05) is 6.61 Å². The highest BCUT2D eigenvalue weighted by Gasteiger charge is 2.29. The summed E-state index contributed by atoms with van der Waals surface area (Å²) >= 11 is 0. The van der Waals surface area contributed by atoms with Crippen molar-refractivity contribution in [3.63, 3.8) is 0 Å². The summed E-state index contributed by atoms with van der Waals surface area (Å²) in [4.78, 5) is 11.9. The molecule has 1 fully saturated rings.